The number of carbonyl (C=O) groups excluding carboxylic acids is 4. The van der Waals surface area contributed by atoms with E-state index in [9.17, 15) is 19.2 Å². The molecule has 0 aliphatic heterocycles. The maximum atomic E-state index is 12.8. The zero-order valence-corrected chi connectivity index (χ0v) is 21.0. The number of ether oxygens (including phenoxy) is 2. The van der Waals surface area contributed by atoms with Crippen LogP contribution in [0.1, 0.15) is 53.0 Å². The predicted molar refractivity (Wildman–Crippen MR) is 125 cm³/mol. The normalized spacial score (nSPS) is 12.9. The zero-order valence-electron chi connectivity index (χ0n) is 21.0. The van der Waals surface area contributed by atoms with E-state index in [0.29, 0.717) is 6.42 Å². The van der Waals surface area contributed by atoms with Crippen LogP contribution in [0.5, 0.6) is 0 Å². The van der Waals surface area contributed by atoms with Crippen LogP contribution >= 0.6 is 0 Å². The second kappa shape index (κ2) is 13.5. The summed E-state index contributed by atoms with van der Waals surface area (Å²) in [5, 5.41) is 6.06. The van der Waals surface area contributed by atoms with E-state index >= 15 is 0 Å². The van der Waals surface area contributed by atoms with Crippen LogP contribution in [-0.2, 0) is 35.3 Å². The van der Waals surface area contributed by atoms with Crippen LogP contribution < -0.4 is 10.6 Å². The van der Waals surface area contributed by atoms with Crippen LogP contribution in [0.4, 0.5) is 4.79 Å². The van der Waals surface area contributed by atoms with Crippen LogP contribution in [-0.4, -0.2) is 60.8 Å². The van der Waals surface area contributed by atoms with E-state index in [4.69, 9.17) is 14.3 Å². The predicted octanol–water partition coefficient (Wildman–Crippen LogP) is 2.56. The average Bonchev–Trinajstić information content (AvgIpc) is 2.74. The van der Waals surface area contributed by atoms with Crippen molar-refractivity contribution in [3.05, 3.63) is 35.9 Å². The molecule has 0 aromatic heterocycles. The van der Waals surface area contributed by atoms with Crippen LogP contribution in [0.2, 0.25) is 0 Å². The fourth-order valence-corrected chi connectivity index (χ4v) is 2.91. The number of nitrogens with one attached hydrogen (secondary N) is 2. The average molecular weight is 480 g/mol. The first-order valence-corrected chi connectivity index (χ1v) is 11.1. The van der Waals surface area contributed by atoms with Crippen LogP contribution in [0.15, 0.2) is 30.3 Å². The number of hydrogen-bond donors (Lipinski definition) is 2. The van der Waals surface area contributed by atoms with Crippen LogP contribution in [0.25, 0.3) is 0 Å². The summed E-state index contributed by atoms with van der Waals surface area (Å²) >= 11 is 0. The van der Waals surface area contributed by atoms with Gasteiger partial charge in [-0.2, -0.15) is 0 Å². The highest BCUT2D eigenvalue weighted by molar-refractivity contribution is 5.91. The Kier molecular flexibility index (Phi) is 11.5. The van der Waals surface area contributed by atoms with Crippen molar-refractivity contribution in [1.82, 2.24) is 15.7 Å². The van der Waals surface area contributed by atoms with Crippen molar-refractivity contribution >= 4 is 23.9 Å². The molecule has 0 saturated heterocycles. The number of hydroxylamine groups is 2. The van der Waals surface area contributed by atoms with Gasteiger partial charge in [0.05, 0.1) is 13.5 Å². The molecule has 34 heavy (non-hydrogen) atoms. The van der Waals surface area contributed by atoms with Gasteiger partial charge in [-0.05, 0) is 38.7 Å². The lowest BCUT2D eigenvalue weighted by Crippen LogP contribution is -2.51. The first kappa shape index (κ1) is 28.9. The molecular weight excluding hydrogens is 442 g/mol. The van der Waals surface area contributed by atoms with Crippen molar-refractivity contribution in [3.8, 4) is 0 Å². The van der Waals surface area contributed by atoms with Gasteiger partial charge in [-0.1, -0.05) is 44.2 Å². The molecule has 10 heteroatoms. The summed E-state index contributed by atoms with van der Waals surface area (Å²) in [7, 11) is 2.78. The fraction of sp³-hybridized carbons (Fsp3) is 0.583. The van der Waals surface area contributed by atoms with Crippen molar-refractivity contribution in [1.29, 1.82) is 0 Å². The van der Waals surface area contributed by atoms with Crippen molar-refractivity contribution in [2.45, 2.75) is 71.8 Å². The quantitative estimate of drug-likeness (QED) is 0.369. The summed E-state index contributed by atoms with van der Waals surface area (Å²) in [4.78, 5) is 55.3. The lowest BCUT2D eigenvalue weighted by molar-refractivity contribution is -0.172. The molecule has 0 bridgehead atoms. The highest BCUT2D eigenvalue weighted by atomic mass is 16.7. The molecule has 3 amide bonds. The van der Waals surface area contributed by atoms with E-state index in [1.54, 1.807) is 45.0 Å². The monoisotopic (exact) mass is 479 g/mol. The molecular formula is C24H37N3O7. The van der Waals surface area contributed by atoms with E-state index in [0.717, 1.165) is 10.6 Å². The number of likely N-dealkylation sites (N-methyl/N-ethyl adjacent to an activating group) is 1. The maximum Gasteiger partial charge on any atom is 0.408 e. The summed E-state index contributed by atoms with van der Waals surface area (Å²) in [6.07, 6.45) is -0.942. The minimum atomic E-state index is -1.31. The largest absolute Gasteiger partial charge is 0.459 e. The Hall–Kier alpha value is -3.14. The number of carbonyl (C=O) groups is 4. The molecule has 1 aromatic rings. The van der Waals surface area contributed by atoms with Crippen molar-refractivity contribution in [3.63, 3.8) is 0 Å². The van der Waals surface area contributed by atoms with Gasteiger partial charge in [0.1, 0.15) is 24.3 Å². The van der Waals surface area contributed by atoms with Gasteiger partial charge in [-0.25, -0.2) is 14.7 Å². The van der Waals surface area contributed by atoms with Crippen molar-refractivity contribution < 1.29 is 33.5 Å². The van der Waals surface area contributed by atoms with Gasteiger partial charge in [-0.3, -0.25) is 14.4 Å². The molecule has 0 radical (unpaired) electrons. The van der Waals surface area contributed by atoms with Crippen LogP contribution in [0, 0.1) is 5.92 Å². The van der Waals surface area contributed by atoms with Gasteiger partial charge in [0.25, 0.3) is 5.91 Å². The van der Waals surface area contributed by atoms with Gasteiger partial charge < -0.3 is 20.1 Å². The summed E-state index contributed by atoms with van der Waals surface area (Å²) < 4.78 is 10.5. The van der Waals surface area contributed by atoms with E-state index in [2.05, 4.69) is 10.6 Å². The molecule has 0 spiro atoms. The lowest BCUT2D eigenvalue weighted by atomic mass is 10.0. The topological polar surface area (TPSA) is 123 Å². The Morgan fingerprint density at radius 2 is 1.62 bits per heavy atom. The fourth-order valence-electron chi connectivity index (χ4n) is 2.91. The number of hydrogen-bond acceptors (Lipinski definition) is 7. The number of amides is 3. The standard InChI is InChI=1S/C24H37N3O7/c1-16(2)13-18(21(29)27(6)32-7)25-20(28)14-19(26-23(31)34-24(3,4)5)22(30)33-15-17-11-9-8-10-12-17/h8-12,16,18-19H,13-15H2,1-7H3,(H,25,28)(H,26,31)/t18-,19+/m0/s1. The summed E-state index contributed by atoms with van der Waals surface area (Å²) in [5.74, 6) is -1.74. The number of esters is 1. The smallest absolute Gasteiger partial charge is 0.408 e. The molecule has 0 unspecified atom stereocenters. The second-order valence-corrected chi connectivity index (χ2v) is 9.26. The first-order valence-electron chi connectivity index (χ1n) is 11.1. The number of nitrogens with zero attached hydrogens (tertiary/aromatic N) is 1. The SMILES string of the molecule is CON(C)C(=O)[C@H](CC(C)C)NC(=O)C[C@@H](NC(=O)OC(C)(C)C)C(=O)OCc1ccccc1. The van der Waals surface area contributed by atoms with E-state index in [1.165, 1.54) is 14.2 Å². The van der Waals surface area contributed by atoms with Gasteiger partial charge >= 0.3 is 12.1 Å². The molecule has 1 aromatic carbocycles. The zero-order chi connectivity index (χ0) is 25.9. The summed E-state index contributed by atoms with van der Waals surface area (Å²) in [6.45, 7) is 8.82. The van der Waals surface area contributed by atoms with Crippen molar-refractivity contribution in [2.75, 3.05) is 14.2 Å². The minimum Gasteiger partial charge on any atom is -0.459 e. The summed E-state index contributed by atoms with van der Waals surface area (Å²) in [5.41, 5.74) is -0.0498. The Morgan fingerprint density at radius 3 is 2.15 bits per heavy atom. The molecule has 0 fully saturated rings. The number of benzene rings is 1. The Balaban J connectivity index is 2.93. The molecule has 2 N–H and O–H groups in total. The molecule has 2 atom stereocenters. The molecule has 0 aliphatic rings. The maximum absolute atomic E-state index is 12.8. The molecule has 0 saturated carbocycles. The Morgan fingerprint density at radius 1 is 1.00 bits per heavy atom. The van der Waals surface area contributed by atoms with E-state index in [1.807, 2.05) is 19.9 Å². The highest BCUT2D eigenvalue weighted by Crippen LogP contribution is 2.11. The van der Waals surface area contributed by atoms with Gasteiger partial charge in [0.15, 0.2) is 0 Å². The van der Waals surface area contributed by atoms with Gasteiger partial charge in [-0.15, -0.1) is 0 Å². The van der Waals surface area contributed by atoms with E-state index < -0.39 is 48.0 Å². The summed E-state index contributed by atoms with van der Waals surface area (Å²) in [6, 6.07) is 6.83. The second-order valence-electron chi connectivity index (χ2n) is 9.26. The molecule has 0 aliphatic carbocycles. The highest BCUT2D eigenvalue weighted by Gasteiger charge is 2.31. The molecule has 1 rings (SSSR count). The van der Waals surface area contributed by atoms with Crippen molar-refractivity contribution in [2.24, 2.45) is 5.92 Å². The Bertz CT molecular complexity index is 822. The molecule has 190 valence electrons. The molecule has 0 heterocycles. The third-order valence-electron chi connectivity index (χ3n) is 4.51. The number of rotatable bonds is 11. The third-order valence-corrected chi connectivity index (χ3v) is 4.51. The molecule has 10 nitrogen and oxygen atoms in total. The van der Waals surface area contributed by atoms with E-state index in [-0.39, 0.29) is 12.5 Å². The van der Waals surface area contributed by atoms with Gasteiger partial charge in [0, 0.05) is 7.05 Å². The first-order chi connectivity index (χ1) is 15.8. The minimum absolute atomic E-state index is 0.0269. The van der Waals surface area contributed by atoms with Gasteiger partial charge in [0.2, 0.25) is 5.91 Å². The Labute approximate surface area is 201 Å². The van der Waals surface area contributed by atoms with Crippen LogP contribution in [0.3, 0.4) is 0 Å². The lowest BCUT2D eigenvalue weighted by Gasteiger charge is -2.25. The third kappa shape index (κ3) is 11.1. The number of alkyl carbamates (subject to hydrolysis) is 1.